The predicted molar refractivity (Wildman–Crippen MR) is 88.3 cm³/mol. The Kier molecular flexibility index (Phi) is 5.43. The van der Waals surface area contributed by atoms with E-state index >= 15 is 0 Å². The molecular formula is C19H21NO. The third-order valence-corrected chi connectivity index (χ3v) is 3.32. The van der Waals surface area contributed by atoms with Gasteiger partial charge in [-0.1, -0.05) is 41.7 Å². The van der Waals surface area contributed by atoms with Gasteiger partial charge in [0.2, 0.25) is 0 Å². The van der Waals surface area contributed by atoms with Gasteiger partial charge >= 0.3 is 0 Å². The number of rotatable bonds is 4. The Morgan fingerprint density at radius 3 is 2.29 bits per heavy atom. The summed E-state index contributed by atoms with van der Waals surface area (Å²) in [5.41, 5.74) is 4.74. The Labute approximate surface area is 127 Å². The summed E-state index contributed by atoms with van der Waals surface area (Å²) >= 11 is 0. The Morgan fingerprint density at radius 1 is 1.00 bits per heavy atom. The number of aryl methyl sites for hydroxylation is 1. The van der Waals surface area contributed by atoms with Crippen LogP contribution in [-0.4, -0.2) is 18.8 Å². The predicted octanol–water partition coefficient (Wildman–Crippen LogP) is 3.37. The van der Waals surface area contributed by atoms with Crippen molar-refractivity contribution in [3.8, 4) is 11.8 Å². The molecule has 0 aliphatic rings. The summed E-state index contributed by atoms with van der Waals surface area (Å²) < 4.78 is 0. The van der Waals surface area contributed by atoms with Gasteiger partial charge in [-0.3, -0.25) is 0 Å². The minimum absolute atomic E-state index is 0.117. The van der Waals surface area contributed by atoms with Gasteiger partial charge in [0.1, 0.15) is 0 Å². The summed E-state index contributed by atoms with van der Waals surface area (Å²) in [6.07, 6.45) is 0.526. The third-order valence-electron chi connectivity index (χ3n) is 3.32. The molecule has 0 spiro atoms. The first-order valence-corrected chi connectivity index (χ1v) is 7.15. The fourth-order valence-corrected chi connectivity index (χ4v) is 2.08. The van der Waals surface area contributed by atoms with E-state index in [0.717, 1.165) is 12.1 Å². The van der Waals surface area contributed by atoms with E-state index in [-0.39, 0.29) is 6.61 Å². The van der Waals surface area contributed by atoms with Crippen molar-refractivity contribution in [2.45, 2.75) is 19.9 Å². The van der Waals surface area contributed by atoms with Crippen LogP contribution in [0.4, 0.5) is 5.69 Å². The van der Waals surface area contributed by atoms with E-state index in [1.165, 1.54) is 16.8 Å². The number of aliphatic hydroxyl groups is 1. The molecule has 0 unspecified atom stereocenters. The van der Waals surface area contributed by atoms with Crippen LogP contribution in [-0.2, 0) is 6.54 Å². The SMILES string of the molecule is Cc1ccc(N(C)Cc2ccc(C#CCCO)cc2)cc1. The monoisotopic (exact) mass is 279 g/mol. The lowest BCUT2D eigenvalue weighted by molar-refractivity contribution is 0.305. The van der Waals surface area contributed by atoms with Crippen LogP contribution in [0.15, 0.2) is 48.5 Å². The maximum absolute atomic E-state index is 8.70. The second kappa shape index (κ2) is 7.52. The van der Waals surface area contributed by atoms with E-state index in [0.29, 0.717) is 6.42 Å². The van der Waals surface area contributed by atoms with Crippen molar-refractivity contribution in [2.75, 3.05) is 18.6 Å². The molecule has 0 amide bonds. The maximum atomic E-state index is 8.70. The third kappa shape index (κ3) is 4.66. The Hall–Kier alpha value is -2.24. The van der Waals surface area contributed by atoms with Gasteiger partial charge in [0.15, 0.2) is 0 Å². The molecule has 2 heteroatoms. The smallest absolute Gasteiger partial charge is 0.0540 e. The summed E-state index contributed by atoms with van der Waals surface area (Å²) in [5.74, 6) is 5.97. The summed E-state index contributed by atoms with van der Waals surface area (Å²) in [6, 6.07) is 16.8. The molecule has 2 nitrogen and oxygen atoms in total. The van der Waals surface area contributed by atoms with Crippen molar-refractivity contribution in [1.82, 2.24) is 0 Å². The van der Waals surface area contributed by atoms with Crippen LogP contribution in [0.3, 0.4) is 0 Å². The minimum atomic E-state index is 0.117. The number of hydrogen-bond donors (Lipinski definition) is 1. The second-order valence-corrected chi connectivity index (χ2v) is 5.16. The van der Waals surface area contributed by atoms with E-state index in [4.69, 9.17) is 5.11 Å². The number of hydrogen-bond acceptors (Lipinski definition) is 2. The van der Waals surface area contributed by atoms with Crippen LogP contribution >= 0.6 is 0 Å². The van der Waals surface area contributed by atoms with Crippen molar-refractivity contribution in [2.24, 2.45) is 0 Å². The lowest BCUT2D eigenvalue weighted by Crippen LogP contribution is -2.16. The zero-order valence-electron chi connectivity index (χ0n) is 12.6. The number of benzene rings is 2. The van der Waals surface area contributed by atoms with Crippen molar-refractivity contribution in [3.63, 3.8) is 0 Å². The quantitative estimate of drug-likeness (QED) is 0.867. The molecule has 2 aromatic carbocycles. The lowest BCUT2D eigenvalue weighted by Gasteiger charge is -2.19. The fraction of sp³-hybridized carbons (Fsp3) is 0.263. The van der Waals surface area contributed by atoms with E-state index in [1.54, 1.807) is 0 Å². The van der Waals surface area contributed by atoms with Crippen molar-refractivity contribution in [3.05, 3.63) is 65.2 Å². The lowest BCUT2D eigenvalue weighted by atomic mass is 10.1. The van der Waals surface area contributed by atoms with E-state index in [2.05, 4.69) is 67.1 Å². The van der Waals surface area contributed by atoms with Crippen LogP contribution in [0.1, 0.15) is 23.1 Å². The Bertz CT molecular complexity index is 617. The number of nitrogens with zero attached hydrogens (tertiary/aromatic N) is 1. The first-order valence-electron chi connectivity index (χ1n) is 7.15. The number of aliphatic hydroxyl groups excluding tert-OH is 1. The Balaban J connectivity index is 2.00. The zero-order valence-corrected chi connectivity index (χ0v) is 12.6. The molecule has 2 aromatic rings. The van der Waals surface area contributed by atoms with Crippen molar-refractivity contribution in [1.29, 1.82) is 0 Å². The normalized spacial score (nSPS) is 9.86. The molecule has 0 heterocycles. The summed E-state index contributed by atoms with van der Waals surface area (Å²) in [5, 5.41) is 8.70. The zero-order chi connectivity index (χ0) is 15.1. The van der Waals surface area contributed by atoms with Gasteiger partial charge in [0, 0.05) is 31.3 Å². The van der Waals surface area contributed by atoms with Crippen molar-refractivity contribution < 1.29 is 5.11 Å². The van der Waals surface area contributed by atoms with Gasteiger partial charge in [-0.25, -0.2) is 0 Å². The standard InChI is InChI=1S/C19H21NO/c1-16-6-12-19(13-7-16)20(2)15-18-10-8-17(9-11-18)5-3-4-14-21/h6-13,21H,4,14-15H2,1-2H3. The molecular weight excluding hydrogens is 258 g/mol. The molecule has 0 fully saturated rings. The van der Waals surface area contributed by atoms with Gasteiger partial charge in [0.05, 0.1) is 6.61 Å². The fourth-order valence-electron chi connectivity index (χ4n) is 2.08. The largest absolute Gasteiger partial charge is 0.395 e. The van der Waals surface area contributed by atoms with Gasteiger partial charge in [0.25, 0.3) is 0 Å². The Morgan fingerprint density at radius 2 is 1.67 bits per heavy atom. The summed E-state index contributed by atoms with van der Waals surface area (Å²) in [4.78, 5) is 2.23. The average Bonchev–Trinajstić information content (AvgIpc) is 2.50. The first kappa shape index (κ1) is 15.2. The van der Waals surface area contributed by atoms with Crippen LogP contribution in [0, 0.1) is 18.8 Å². The molecule has 0 aromatic heterocycles. The highest BCUT2D eigenvalue weighted by Crippen LogP contribution is 2.16. The second-order valence-electron chi connectivity index (χ2n) is 5.16. The summed E-state index contributed by atoms with van der Waals surface area (Å²) in [7, 11) is 2.10. The number of anilines is 1. The van der Waals surface area contributed by atoms with Crippen LogP contribution in [0.5, 0.6) is 0 Å². The molecule has 0 radical (unpaired) electrons. The average molecular weight is 279 g/mol. The topological polar surface area (TPSA) is 23.5 Å². The molecule has 0 aliphatic heterocycles. The van der Waals surface area contributed by atoms with Crippen molar-refractivity contribution >= 4 is 5.69 Å². The molecule has 108 valence electrons. The summed E-state index contributed by atoms with van der Waals surface area (Å²) in [6.45, 7) is 3.08. The van der Waals surface area contributed by atoms with E-state index in [9.17, 15) is 0 Å². The van der Waals surface area contributed by atoms with Crippen LogP contribution in [0.25, 0.3) is 0 Å². The van der Waals surface area contributed by atoms with Crippen LogP contribution in [0.2, 0.25) is 0 Å². The molecule has 0 saturated heterocycles. The van der Waals surface area contributed by atoms with E-state index < -0.39 is 0 Å². The van der Waals surface area contributed by atoms with Gasteiger partial charge in [-0.2, -0.15) is 0 Å². The van der Waals surface area contributed by atoms with Crippen LogP contribution < -0.4 is 4.90 Å². The highest BCUT2D eigenvalue weighted by atomic mass is 16.2. The molecule has 0 atom stereocenters. The van der Waals surface area contributed by atoms with Gasteiger partial charge < -0.3 is 10.0 Å². The minimum Gasteiger partial charge on any atom is -0.395 e. The van der Waals surface area contributed by atoms with Gasteiger partial charge in [-0.05, 0) is 36.8 Å². The molecule has 21 heavy (non-hydrogen) atoms. The van der Waals surface area contributed by atoms with E-state index in [1.807, 2.05) is 12.1 Å². The maximum Gasteiger partial charge on any atom is 0.0540 e. The van der Waals surface area contributed by atoms with Gasteiger partial charge in [-0.15, -0.1) is 0 Å². The highest BCUT2D eigenvalue weighted by Gasteiger charge is 2.01. The molecule has 0 saturated carbocycles. The molecule has 2 rings (SSSR count). The molecule has 0 aliphatic carbocycles. The highest BCUT2D eigenvalue weighted by molar-refractivity contribution is 5.47. The molecule has 0 bridgehead atoms. The first-order chi connectivity index (χ1) is 10.2. The molecule has 1 N–H and O–H groups in total.